The van der Waals surface area contributed by atoms with Gasteiger partial charge in [-0.05, 0) is 24.5 Å². The van der Waals surface area contributed by atoms with Crippen molar-refractivity contribution in [3.63, 3.8) is 0 Å². The number of ether oxygens (including phenoxy) is 1. The summed E-state index contributed by atoms with van der Waals surface area (Å²) in [4.78, 5) is 26.2. The summed E-state index contributed by atoms with van der Waals surface area (Å²) in [5, 5.41) is 9.69. The minimum Gasteiger partial charge on any atom is -0.479 e. The topological polar surface area (TPSA) is 80.0 Å². The van der Waals surface area contributed by atoms with Crippen LogP contribution in [0.25, 0.3) is 11.1 Å². The number of carbonyl (C=O) groups is 2. The summed E-state index contributed by atoms with van der Waals surface area (Å²) in [7, 11) is 1.44. The molecule has 126 valence electrons. The highest BCUT2D eigenvalue weighted by Gasteiger charge is 2.51. The lowest BCUT2D eigenvalue weighted by Gasteiger charge is -2.33. The van der Waals surface area contributed by atoms with Crippen molar-refractivity contribution in [3.8, 4) is 11.1 Å². The molecule has 24 heavy (non-hydrogen) atoms. The molecule has 1 aliphatic rings. The molecule has 0 saturated carbocycles. The lowest BCUT2D eigenvalue weighted by atomic mass is 9.96. The van der Waals surface area contributed by atoms with Crippen molar-refractivity contribution in [1.29, 1.82) is 0 Å². The highest BCUT2D eigenvalue weighted by molar-refractivity contribution is 6.01. The van der Waals surface area contributed by atoms with Crippen LogP contribution in [-0.4, -0.2) is 47.7 Å². The zero-order valence-corrected chi connectivity index (χ0v) is 13.4. The smallest absolute Gasteiger partial charge is 0.332 e. The molecule has 0 radical (unpaired) electrons. The molecule has 6 heteroatoms. The van der Waals surface area contributed by atoms with Gasteiger partial charge in [-0.3, -0.25) is 4.79 Å². The largest absolute Gasteiger partial charge is 0.479 e. The quantitative estimate of drug-likeness (QED) is 0.912. The summed E-state index contributed by atoms with van der Waals surface area (Å²) in [5.74, 6) is -1.32. The number of nitrogens with zero attached hydrogens (tertiary/aromatic N) is 1. The molecule has 2 aromatic rings. The van der Waals surface area contributed by atoms with Gasteiger partial charge in [0, 0.05) is 19.2 Å². The van der Waals surface area contributed by atoms with Crippen molar-refractivity contribution >= 4 is 11.9 Å². The predicted molar refractivity (Wildman–Crippen MR) is 86.7 cm³/mol. The Morgan fingerprint density at radius 2 is 2.04 bits per heavy atom. The molecule has 1 unspecified atom stereocenters. The number of carboxylic acids is 1. The molecule has 1 amide bonds. The Kier molecular flexibility index (Phi) is 4.40. The molecular formula is C18H19NO5. The van der Waals surface area contributed by atoms with Gasteiger partial charge in [-0.25, -0.2) is 4.79 Å². The first kappa shape index (κ1) is 16.3. The van der Waals surface area contributed by atoms with E-state index in [4.69, 9.17) is 9.15 Å². The number of carbonyl (C=O) groups excluding carboxylic acids is 1. The summed E-state index contributed by atoms with van der Waals surface area (Å²) < 4.78 is 10.5. The van der Waals surface area contributed by atoms with Crippen LogP contribution in [0.4, 0.5) is 0 Å². The second kappa shape index (κ2) is 6.49. The summed E-state index contributed by atoms with van der Waals surface area (Å²) in [6.45, 7) is 0.318. The van der Waals surface area contributed by atoms with E-state index in [-0.39, 0.29) is 12.4 Å². The van der Waals surface area contributed by atoms with E-state index in [1.165, 1.54) is 18.3 Å². The Morgan fingerprint density at radius 1 is 1.29 bits per heavy atom. The Balaban J connectivity index is 1.98. The first-order chi connectivity index (χ1) is 11.6. The maximum absolute atomic E-state index is 13.0. The normalized spacial score (nSPS) is 20.3. The molecule has 1 aromatic heterocycles. The fourth-order valence-corrected chi connectivity index (χ4v) is 3.29. The van der Waals surface area contributed by atoms with Gasteiger partial charge in [-0.1, -0.05) is 30.3 Å². The van der Waals surface area contributed by atoms with Crippen LogP contribution in [0.5, 0.6) is 0 Å². The lowest BCUT2D eigenvalue weighted by Crippen LogP contribution is -2.56. The van der Waals surface area contributed by atoms with E-state index in [0.29, 0.717) is 24.9 Å². The van der Waals surface area contributed by atoms with Gasteiger partial charge in [-0.15, -0.1) is 0 Å². The van der Waals surface area contributed by atoms with E-state index < -0.39 is 17.4 Å². The number of amides is 1. The summed E-state index contributed by atoms with van der Waals surface area (Å²) in [6, 6.07) is 11.1. The summed E-state index contributed by atoms with van der Waals surface area (Å²) in [5.41, 5.74) is 0.165. The molecule has 1 aromatic carbocycles. The van der Waals surface area contributed by atoms with Gasteiger partial charge < -0.3 is 19.2 Å². The Bertz CT molecular complexity index is 739. The maximum atomic E-state index is 13.0. The van der Waals surface area contributed by atoms with Crippen LogP contribution in [0.1, 0.15) is 23.4 Å². The molecule has 1 fully saturated rings. The van der Waals surface area contributed by atoms with Gasteiger partial charge in [0.05, 0.1) is 12.9 Å². The third-order valence-electron chi connectivity index (χ3n) is 4.46. The molecule has 1 aliphatic heterocycles. The highest BCUT2D eigenvalue weighted by Crippen LogP contribution is 2.34. The molecular weight excluding hydrogens is 310 g/mol. The molecule has 2 heterocycles. The fourth-order valence-electron chi connectivity index (χ4n) is 3.29. The zero-order chi connectivity index (χ0) is 17.2. The van der Waals surface area contributed by atoms with E-state index >= 15 is 0 Å². The predicted octanol–water partition coefficient (Wildman–Crippen LogP) is 2.65. The minimum atomic E-state index is -1.34. The van der Waals surface area contributed by atoms with Crippen LogP contribution in [0.15, 0.2) is 47.1 Å². The van der Waals surface area contributed by atoms with Crippen LogP contribution >= 0.6 is 0 Å². The summed E-state index contributed by atoms with van der Waals surface area (Å²) >= 11 is 0. The zero-order valence-electron chi connectivity index (χ0n) is 13.4. The van der Waals surface area contributed by atoms with Crippen molar-refractivity contribution in [2.24, 2.45) is 0 Å². The van der Waals surface area contributed by atoms with Crippen molar-refractivity contribution in [3.05, 3.63) is 48.4 Å². The van der Waals surface area contributed by atoms with Crippen molar-refractivity contribution in [2.45, 2.75) is 18.4 Å². The average molecular weight is 329 g/mol. The molecule has 0 bridgehead atoms. The number of rotatable bonds is 5. The number of likely N-dealkylation sites (tertiary alicyclic amines) is 1. The van der Waals surface area contributed by atoms with Crippen LogP contribution in [0, 0.1) is 0 Å². The van der Waals surface area contributed by atoms with E-state index in [9.17, 15) is 14.7 Å². The number of hydrogen-bond donors (Lipinski definition) is 1. The van der Waals surface area contributed by atoms with E-state index in [0.717, 1.165) is 5.56 Å². The van der Waals surface area contributed by atoms with Crippen LogP contribution in [-0.2, 0) is 9.53 Å². The molecule has 1 atom stereocenters. The number of aliphatic carboxylic acids is 1. The Hall–Kier alpha value is -2.60. The maximum Gasteiger partial charge on any atom is 0.332 e. The highest BCUT2D eigenvalue weighted by atomic mass is 16.5. The molecule has 1 saturated heterocycles. The Morgan fingerprint density at radius 3 is 2.71 bits per heavy atom. The first-order valence-corrected chi connectivity index (χ1v) is 7.77. The minimum absolute atomic E-state index is 0.0462. The first-order valence-electron chi connectivity index (χ1n) is 7.77. The molecule has 6 nitrogen and oxygen atoms in total. The third-order valence-corrected chi connectivity index (χ3v) is 4.46. The van der Waals surface area contributed by atoms with Gasteiger partial charge in [-0.2, -0.15) is 0 Å². The Labute approximate surface area is 139 Å². The molecule has 3 rings (SSSR count). The van der Waals surface area contributed by atoms with Gasteiger partial charge in [0.25, 0.3) is 5.91 Å². The van der Waals surface area contributed by atoms with Crippen molar-refractivity contribution in [1.82, 2.24) is 4.90 Å². The van der Waals surface area contributed by atoms with E-state index in [2.05, 4.69) is 0 Å². The SMILES string of the molecule is COCC1(C(=O)O)CCCN1C(=O)c1occc1-c1ccccc1. The van der Waals surface area contributed by atoms with Crippen molar-refractivity contribution in [2.75, 3.05) is 20.3 Å². The van der Waals surface area contributed by atoms with Crippen LogP contribution < -0.4 is 0 Å². The third kappa shape index (κ3) is 2.59. The number of benzene rings is 1. The molecule has 0 aliphatic carbocycles. The standard InChI is InChI=1S/C18H19NO5/c1-23-12-18(17(21)22)9-5-10-19(18)16(20)15-14(8-11-24-15)13-6-3-2-4-7-13/h2-4,6-8,11H,5,9-10,12H2,1H3,(H,21,22). The van der Waals surface area contributed by atoms with Crippen LogP contribution in [0.2, 0.25) is 0 Å². The van der Waals surface area contributed by atoms with Crippen molar-refractivity contribution < 1.29 is 23.8 Å². The van der Waals surface area contributed by atoms with E-state index in [1.807, 2.05) is 30.3 Å². The van der Waals surface area contributed by atoms with E-state index in [1.54, 1.807) is 6.07 Å². The van der Waals surface area contributed by atoms with Gasteiger partial charge in [0.1, 0.15) is 0 Å². The number of hydrogen-bond acceptors (Lipinski definition) is 4. The number of carboxylic acid groups (broad SMARTS) is 1. The molecule has 0 spiro atoms. The number of methoxy groups -OCH3 is 1. The average Bonchev–Trinajstić information content (AvgIpc) is 3.23. The second-order valence-electron chi connectivity index (χ2n) is 5.86. The number of furan rings is 1. The second-order valence-corrected chi connectivity index (χ2v) is 5.86. The van der Waals surface area contributed by atoms with Gasteiger partial charge >= 0.3 is 5.97 Å². The summed E-state index contributed by atoms with van der Waals surface area (Å²) in [6.07, 6.45) is 2.43. The fraction of sp³-hybridized carbons (Fsp3) is 0.333. The monoisotopic (exact) mass is 329 g/mol. The molecule has 1 N–H and O–H groups in total. The van der Waals surface area contributed by atoms with Gasteiger partial charge in [0.15, 0.2) is 11.3 Å². The lowest BCUT2D eigenvalue weighted by molar-refractivity contribution is -0.151. The van der Waals surface area contributed by atoms with Crippen LogP contribution in [0.3, 0.4) is 0 Å². The van der Waals surface area contributed by atoms with Gasteiger partial charge in [0.2, 0.25) is 0 Å².